The summed E-state index contributed by atoms with van der Waals surface area (Å²) in [7, 11) is 3.18. The second-order valence-electron chi connectivity index (χ2n) is 9.39. The van der Waals surface area contributed by atoms with E-state index in [1.807, 2.05) is 38.9 Å². The average Bonchev–Trinajstić information content (AvgIpc) is 3.45. The number of esters is 1. The number of nitrogens with zero attached hydrogens (tertiary/aromatic N) is 5. The van der Waals surface area contributed by atoms with Gasteiger partial charge in [-0.3, -0.25) is 4.68 Å². The number of aromatic nitrogens is 3. The van der Waals surface area contributed by atoms with Gasteiger partial charge in [-0.25, -0.2) is 14.6 Å². The van der Waals surface area contributed by atoms with E-state index in [4.69, 9.17) is 9.47 Å². The van der Waals surface area contributed by atoms with Crippen LogP contribution >= 0.6 is 0 Å². The van der Waals surface area contributed by atoms with E-state index in [-0.39, 0.29) is 12.1 Å². The van der Waals surface area contributed by atoms with Crippen molar-refractivity contribution in [2.75, 3.05) is 25.1 Å². The second kappa shape index (κ2) is 8.01. The molecule has 1 amide bonds. The van der Waals surface area contributed by atoms with Crippen molar-refractivity contribution in [1.29, 1.82) is 0 Å². The van der Waals surface area contributed by atoms with Crippen LogP contribution in [0.3, 0.4) is 0 Å². The lowest BCUT2D eigenvalue weighted by atomic mass is 10.0. The van der Waals surface area contributed by atoms with Gasteiger partial charge in [0.2, 0.25) is 0 Å². The normalized spacial score (nSPS) is 17.6. The summed E-state index contributed by atoms with van der Waals surface area (Å²) in [5, 5.41) is 5.28. The first-order chi connectivity index (χ1) is 14.7. The zero-order valence-electron chi connectivity index (χ0n) is 18.9. The summed E-state index contributed by atoms with van der Waals surface area (Å²) in [5.74, 6) is 0.364. The highest BCUT2D eigenvalue weighted by atomic mass is 16.6. The van der Waals surface area contributed by atoms with Crippen molar-refractivity contribution in [2.45, 2.75) is 64.1 Å². The molecule has 3 heterocycles. The molecule has 0 N–H and O–H groups in total. The number of anilines is 1. The highest BCUT2D eigenvalue weighted by Crippen LogP contribution is 2.35. The smallest absolute Gasteiger partial charge is 0.410 e. The highest BCUT2D eigenvalue weighted by molar-refractivity contribution is 6.05. The van der Waals surface area contributed by atoms with Crippen molar-refractivity contribution < 1.29 is 19.1 Å². The van der Waals surface area contributed by atoms with Crippen LogP contribution in [0.15, 0.2) is 12.4 Å². The van der Waals surface area contributed by atoms with Gasteiger partial charge in [-0.2, -0.15) is 5.10 Å². The molecular formula is C22H31N5O4. The number of aryl methyl sites for hydroxylation is 1. The monoisotopic (exact) mass is 429 g/mol. The number of hydrogen-bond donors (Lipinski definition) is 0. The summed E-state index contributed by atoms with van der Waals surface area (Å²) in [6, 6.07) is 0.464. The minimum atomic E-state index is -0.498. The number of pyridine rings is 1. The molecule has 0 atom stereocenters. The first-order valence-electron chi connectivity index (χ1n) is 10.8. The molecule has 0 aromatic carbocycles. The van der Waals surface area contributed by atoms with Gasteiger partial charge in [0.25, 0.3) is 0 Å². The molecule has 1 aliphatic heterocycles. The molecule has 9 heteroatoms. The minimum Gasteiger partial charge on any atom is -0.465 e. The molecular weight excluding hydrogens is 398 g/mol. The third kappa shape index (κ3) is 4.45. The lowest BCUT2D eigenvalue weighted by Gasteiger charge is -2.39. The maximum absolute atomic E-state index is 12.8. The lowest BCUT2D eigenvalue weighted by molar-refractivity contribution is 0.0113. The second-order valence-corrected chi connectivity index (χ2v) is 9.39. The first-order valence-corrected chi connectivity index (χ1v) is 10.8. The Morgan fingerprint density at radius 3 is 2.35 bits per heavy atom. The summed E-state index contributed by atoms with van der Waals surface area (Å²) in [4.78, 5) is 33.7. The average molecular weight is 430 g/mol. The fourth-order valence-electron chi connectivity index (χ4n) is 4.24. The Bertz CT molecular complexity index is 984. The SMILES string of the molecule is COC(=O)c1cnc(N2CCC(N(C(=O)OC(C)(C)C)C3CC3)CC2)c2cn(C)nc12. The van der Waals surface area contributed by atoms with Crippen LogP contribution in [0.1, 0.15) is 56.8 Å². The topological polar surface area (TPSA) is 89.8 Å². The molecule has 2 aromatic rings. The molecule has 0 spiro atoms. The van der Waals surface area contributed by atoms with Gasteiger partial charge in [0, 0.05) is 44.6 Å². The molecule has 2 aliphatic rings. The Balaban J connectivity index is 1.52. The maximum atomic E-state index is 12.8. The van der Waals surface area contributed by atoms with E-state index in [0.29, 0.717) is 17.1 Å². The summed E-state index contributed by atoms with van der Waals surface area (Å²) < 4.78 is 12.2. The van der Waals surface area contributed by atoms with Gasteiger partial charge in [-0.15, -0.1) is 0 Å². The summed E-state index contributed by atoms with van der Waals surface area (Å²) in [6.45, 7) is 7.25. The Labute approximate surface area is 182 Å². The Hall–Kier alpha value is -2.84. The predicted molar refractivity (Wildman–Crippen MR) is 116 cm³/mol. The molecule has 1 aliphatic carbocycles. The van der Waals surface area contributed by atoms with E-state index >= 15 is 0 Å². The van der Waals surface area contributed by atoms with Crippen LogP contribution in [-0.2, 0) is 16.5 Å². The molecule has 31 heavy (non-hydrogen) atoms. The summed E-state index contributed by atoms with van der Waals surface area (Å²) >= 11 is 0. The van der Waals surface area contributed by atoms with Crippen LogP contribution in [0.4, 0.5) is 10.6 Å². The van der Waals surface area contributed by atoms with Gasteiger partial charge in [0.1, 0.15) is 22.5 Å². The fraction of sp³-hybridized carbons (Fsp3) is 0.636. The molecule has 9 nitrogen and oxygen atoms in total. The van der Waals surface area contributed by atoms with Gasteiger partial charge in [0.15, 0.2) is 0 Å². The lowest BCUT2D eigenvalue weighted by Crippen LogP contribution is -2.50. The molecule has 0 radical (unpaired) electrons. The summed E-state index contributed by atoms with van der Waals surface area (Å²) in [5.41, 5.74) is 0.457. The molecule has 0 unspecified atom stereocenters. The highest BCUT2D eigenvalue weighted by Gasteiger charge is 2.41. The third-order valence-corrected chi connectivity index (χ3v) is 5.75. The number of carbonyl (C=O) groups is 2. The summed E-state index contributed by atoms with van der Waals surface area (Å²) in [6.07, 6.45) is 7.01. The van der Waals surface area contributed by atoms with Crippen LogP contribution in [0, 0.1) is 0 Å². The quantitative estimate of drug-likeness (QED) is 0.690. The van der Waals surface area contributed by atoms with Crippen molar-refractivity contribution in [3.05, 3.63) is 18.0 Å². The van der Waals surface area contributed by atoms with E-state index in [1.54, 1.807) is 10.9 Å². The van der Waals surface area contributed by atoms with Gasteiger partial charge < -0.3 is 19.3 Å². The van der Waals surface area contributed by atoms with Gasteiger partial charge in [0.05, 0.1) is 12.5 Å². The van der Waals surface area contributed by atoms with Crippen LogP contribution in [0.25, 0.3) is 10.9 Å². The number of ether oxygens (including phenoxy) is 2. The van der Waals surface area contributed by atoms with Crippen LogP contribution in [0.5, 0.6) is 0 Å². The van der Waals surface area contributed by atoms with Crippen molar-refractivity contribution in [3.63, 3.8) is 0 Å². The fourth-order valence-corrected chi connectivity index (χ4v) is 4.24. The number of piperidine rings is 1. The number of methoxy groups -OCH3 is 1. The Morgan fingerprint density at radius 1 is 1.13 bits per heavy atom. The molecule has 1 saturated heterocycles. The zero-order valence-corrected chi connectivity index (χ0v) is 18.9. The third-order valence-electron chi connectivity index (χ3n) is 5.75. The largest absolute Gasteiger partial charge is 0.465 e. The van der Waals surface area contributed by atoms with E-state index in [9.17, 15) is 9.59 Å². The van der Waals surface area contributed by atoms with E-state index in [0.717, 1.165) is 50.0 Å². The van der Waals surface area contributed by atoms with Crippen molar-refractivity contribution >= 4 is 28.8 Å². The first kappa shape index (κ1) is 21.4. The van der Waals surface area contributed by atoms with E-state index in [1.165, 1.54) is 7.11 Å². The van der Waals surface area contributed by atoms with Gasteiger partial charge in [-0.05, 0) is 46.5 Å². The standard InChI is InChI=1S/C22H31N5O4/c1-22(2,3)31-21(29)27(14-6-7-14)15-8-10-26(11-9-15)19-17-13-25(4)24-18(17)16(12-23-19)20(28)30-5/h12-15H,6-11H2,1-5H3. The Kier molecular flexibility index (Phi) is 5.53. The predicted octanol–water partition coefficient (Wildman–Crippen LogP) is 3.12. The van der Waals surface area contributed by atoms with E-state index < -0.39 is 11.6 Å². The molecule has 4 rings (SSSR count). The maximum Gasteiger partial charge on any atom is 0.410 e. The molecule has 2 fully saturated rings. The van der Waals surface area contributed by atoms with Crippen LogP contribution < -0.4 is 4.90 Å². The number of rotatable bonds is 4. The molecule has 0 bridgehead atoms. The van der Waals surface area contributed by atoms with E-state index in [2.05, 4.69) is 15.0 Å². The van der Waals surface area contributed by atoms with Crippen LogP contribution in [0.2, 0.25) is 0 Å². The van der Waals surface area contributed by atoms with Crippen LogP contribution in [-0.4, -0.2) is 69.6 Å². The minimum absolute atomic E-state index is 0.164. The molecule has 1 saturated carbocycles. The van der Waals surface area contributed by atoms with Crippen molar-refractivity contribution in [1.82, 2.24) is 19.7 Å². The zero-order chi connectivity index (χ0) is 22.3. The van der Waals surface area contributed by atoms with Gasteiger partial charge >= 0.3 is 12.1 Å². The van der Waals surface area contributed by atoms with Gasteiger partial charge in [-0.1, -0.05) is 0 Å². The Morgan fingerprint density at radius 2 is 1.77 bits per heavy atom. The molecule has 168 valence electrons. The number of hydrogen-bond acceptors (Lipinski definition) is 7. The number of amides is 1. The van der Waals surface area contributed by atoms with Crippen molar-refractivity contribution in [3.8, 4) is 0 Å². The molecule has 2 aromatic heterocycles. The van der Waals surface area contributed by atoms with Crippen molar-refractivity contribution in [2.24, 2.45) is 7.05 Å². The number of fused-ring (bicyclic) bond motifs is 1. The number of carbonyl (C=O) groups excluding carboxylic acids is 2.